The lowest BCUT2D eigenvalue weighted by molar-refractivity contribution is -0.0992. The highest BCUT2D eigenvalue weighted by Gasteiger charge is 2.39. The summed E-state index contributed by atoms with van der Waals surface area (Å²) < 4.78 is 11.2. The Morgan fingerprint density at radius 3 is 2.60 bits per heavy atom. The molecule has 1 aromatic rings. The van der Waals surface area contributed by atoms with Crippen molar-refractivity contribution in [1.29, 1.82) is 0 Å². The molecule has 7 heteroatoms. The van der Waals surface area contributed by atoms with Gasteiger partial charge in [-0.05, 0) is 26.3 Å². The van der Waals surface area contributed by atoms with E-state index in [0.29, 0.717) is 13.0 Å². The number of rotatable bonds is 4. The van der Waals surface area contributed by atoms with Gasteiger partial charge in [-0.25, -0.2) is 9.59 Å². The molecule has 0 unspecified atom stereocenters. The first-order valence-electron chi connectivity index (χ1n) is 8.32. The van der Waals surface area contributed by atoms with E-state index in [-0.39, 0.29) is 19.7 Å². The smallest absolute Gasteiger partial charge is 0.407 e. The molecule has 1 heterocycles. The molecule has 2 N–H and O–H groups in total. The Morgan fingerprint density at radius 1 is 1.32 bits per heavy atom. The zero-order valence-electron chi connectivity index (χ0n) is 14.9. The van der Waals surface area contributed by atoms with Gasteiger partial charge in [0, 0.05) is 13.0 Å². The quantitative estimate of drug-likeness (QED) is 0.871. The number of alkyl carbamates (subject to hydrolysis) is 1. The second kappa shape index (κ2) is 7.74. The van der Waals surface area contributed by atoms with Crippen LogP contribution in [0.5, 0.6) is 0 Å². The first-order valence-corrected chi connectivity index (χ1v) is 8.32. The molecule has 1 aromatic carbocycles. The van der Waals surface area contributed by atoms with Gasteiger partial charge in [0.05, 0.1) is 19.7 Å². The molecular weight excluding hydrogens is 324 g/mol. The minimum absolute atomic E-state index is 0.167. The van der Waals surface area contributed by atoms with Crippen molar-refractivity contribution in [1.82, 2.24) is 10.2 Å². The fraction of sp³-hybridized carbons (Fsp3) is 0.556. The number of nitrogens with zero attached hydrogens (tertiary/aromatic N) is 1. The van der Waals surface area contributed by atoms with E-state index in [0.717, 1.165) is 5.56 Å². The molecule has 1 aliphatic heterocycles. The first-order chi connectivity index (χ1) is 11.7. The Hall–Kier alpha value is -2.28. The van der Waals surface area contributed by atoms with Crippen LogP contribution < -0.4 is 5.32 Å². The lowest BCUT2D eigenvalue weighted by Gasteiger charge is -2.42. The maximum atomic E-state index is 12.0. The minimum Gasteiger partial charge on any atom is -0.465 e. The highest BCUT2D eigenvalue weighted by Crippen LogP contribution is 2.23. The van der Waals surface area contributed by atoms with Crippen LogP contribution in [0, 0.1) is 0 Å². The number of benzene rings is 1. The molecule has 1 aliphatic rings. The molecule has 0 bridgehead atoms. The molecular formula is C18H26N2O5. The monoisotopic (exact) mass is 350 g/mol. The number of carbonyl (C=O) groups is 2. The van der Waals surface area contributed by atoms with Crippen LogP contribution in [-0.4, -0.2) is 59.6 Å². The number of nitrogens with one attached hydrogen (secondary N) is 1. The SMILES string of the molecule is CC(C)(C)OC(=O)NC[C@@]1(Cc2ccccc2)CN(C(=O)O)CCO1. The Morgan fingerprint density at radius 2 is 2.00 bits per heavy atom. The number of carbonyl (C=O) groups excluding carboxylic acids is 1. The molecule has 0 radical (unpaired) electrons. The summed E-state index contributed by atoms with van der Waals surface area (Å²) >= 11 is 0. The second-order valence-corrected chi connectivity index (χ2v) is 7.25. The van der Waals surface area contributed by atoms with Gasteiger partial charge in [-0.15, -0.1) is 0 Å². The molecule has 1 saturated heterocycles. The van der Waals surface area contributed by atoms with Crippen LogP contribution in [-0.2, 0) is 15.9 Å². The highest BCUT2D eigenvalue weighted by molar-refractivity contribution is 5.68. The van der Waals surface area contributed by atoms with Gasteiger partial charge in [-0.3, -0.25) is 0 Å². The molecule has 0 spiro atoms. The molecule has 0 aliphatic carbocycles. The van der Waals surface area contributed by atoms with E-state index in [9.17, 15) is 14.7 Å². The third kappa shape index (κ3) is 5.94. The summed E-state index contributed by atoms with van der Waals surface area (Å²) in [5, 5.41) is 12.0. The van der Waals surface area contributed by atoms with E-state index in [1.54, 1.807) is 20.8 Å². The molecule has 0 saturated carbocycles. The summed E-state index contributed by atoms with van der Waals surface area (Å²) in [6.07, 6.45) is -1.04. The van der Waals surface area contributed by atoms with Crippen LogP contribution in [0.4, 0.5) is 9.59 Å². The van der Waals surface area contributed by atoms with Crippen molar-refractivity contribution < 1.29 is 24.2 Å². The Kier molecular flexibility index (Phi) is 5.89. The van der Waals surface area contributed by atoms with Gasteiger partial charge < -0.3 is 24.8 Å². The fourth-order valence-electron chi connectivity index (χ4n) is 2.80. The van der Waals surface area contributed by atoms with E-state index in [2.05, 4.69) is 5.32 Å². The molecule has 0 aromatic heterocycles. The van der Waals surface area contributed by atoms with E-state index in [1.165, 1.54) is 4.90 Å². The topological polar surface area (TPSA) is 88.1 Å². The van der Waals surface area contributed by atoms with Gasteiger partial charge in [-0.1, -0.05) is 30.3 Å². The van der Waals surface area contributed by atoms with Crippen molar-refractivity contribution in [3.8, 4) is 0 Å². The standard InChI is InChI=1S/C18H26N2O5/c1-17(2,3)25-15(21)19-12-18(11-14-7-5-4-6-8-14)13-20(16(22)23)9-10-24-18/h4-8H,9-13H2,1-3H3,(H,19,21)(H,22,23)/t18-/m0/s1. The number of ether oxygens (including phenoxy) is 2. The largest absolute Gasteiger partial charge is 0.465 e. The van der Waals surface area contributed by atoms with Crippen LogP contribution in [0.2, 0.25) is 0 Å². The number of hydrogen-bond acceptors (Lipinski definition) is 4. The van der Waals surface area contributed by atoms with Crippen LogP contribution in [0.25, 0.3) is 0 Å². The molecule has 138 valence electrons. The third-order valence-corrected chi connectivity index (χ3v) is 3.84. The maximum absolute atomic E-state index is 12.0. The predicted molar refractivity (Wildman–Crippen MR) is 92.7 cm³/mol. The summed E-state index contributed by atoms with van der Waals surface area (Å²) in [5.74, 6) is 0. The summed E-state index contributed by atoms with van der Waals surface area (Å²) in [6.45, 7) is 6.32. The van der Waals surface area contributed by atoms with Crippen molar-refractivity contribution in [2.75, 3.05) is 26.2 Å². The zero-order valence-corrected chi connectivity index (χ0v) is 14.9. The lowest BCUT2D eigenvalue weighted by atomic mass is 9.92. The molecule has 1 atom stereocenters. The maximum Gasteiger partial charge on any atom is 0.407 e. The lowest BCUT2D eigenvalue weighted by Crippen LogP contribution is -2.59. The number of amides is 2. The fourth-order valence-corrected chi connectivity index (χ4v) is 2.80. The first kappa shape index (κ1) is 19.1. The van der Waals surface area contributed by atoms with Crippen LogP contribution >= 0.6 is 0 Å². The van der Waals surface area contributed by atoms with Crippen molar-refractivity contribution in [3.63, 3.8) is 0 Å². The molecule has 1 fully saturated rings. The Balaban J connectivity index is 2.11. The third-order valence-electron chi connectivity index (χ3n) is 3.84. The van der Waals surface area contributed by atoms with E-state index in [1.807, 2.05) is 30.3 Å². The Bertz CT molecular complexity index is 599. The average molecular weight is 350 g/mol. The average Bonchev–Trinajstić information content (AvgIpc) is 2.53. The summed E-state index contributed by atoms with van der Waals surface area (Å²) in [5.41, 5.74) is -0.410. The van der Waals surface area contributed by atoms with Crippen molar-refractivity contribution in [2.24, 2.45) is 0 Å². The van der Waals surface area contributed by atoms with Crippen molar-refractivity contribution >= 4 is 12.2 Å². The number of hydrogen-bond donors (Lipinski definition) is 2. The van der Waals surface area contributed by atoms with Crippen LogP contribution in [0.3, 0.4) is 0 Å². The summed E-state index contributed by atoms with van der Waals surface area (Å²) in [4.78, 5) is 24.7. The van der Waals surface area contributed by atoms with Gasteiger partial charge in [0.25, 0.3) is 0 Å². The Labute approximate surface area is 147 Å². The number of morpholine rings is 1. The van der Waals surface area contributed by atoms with Crippen molar-refractivity contribution in [3.05, 3.63) is 35.9 Å². The molecule has 2 amide bonds. The van der Waals surface area contributed by atoms with Gasteiger partial charge in [0.15, 0.2) is 0 Å². The number of carboxylic acid groups (broad SMARTS) is 1. The molecule has 7 nitrogen and oxygen atoms in total. The summed E-state index contributed by atoms with van der Waals surface area (Å²) in [7, 11) is 0. The van der Waals surface area contributed by atoms with Gasteiger partial charge in [0.1, 0.15) is 11.2 Å². The second-order valence-electron chi connectivity index (χ2n) is 7.25. The van der Waals surface area contributed by atoms with E-state index in [4.69, 9.17) is 9.47 Å². The van der Waals surface area contributed by atoms with E-state index >= 15 is 0 Å². The zero-order chi connectivity index (χ0) is 18.5. The molecule has 2 rings (SSSR count). The minimum atomic E-state index is -0.988. The normalized spacial score (nSPS) is 20.8. The van der Waals surface area contributed by atoms with E-state index < -0.39 is 23.4 Å². The summed E-state index contributed by atoms with van der Waals surface area (Å²) in [6, 6.07) is 9.67. The molecule has 25 heavy (non-hydrogen) atoms. The van der Waals surface area contributed by atoms with Gasteiger partial charge in [0.2, 0.25) is 0 Å². The van der Waals surface area contributed by atoms with Crippen molar-refractivity contribution in [2.45, 2.75) is 38.4 Å². The van der Waals surface area contributed by atoms with Crippen LogP contribution in [0.15, 0.2) is 30.3 Å². The van der Waals surface area contributed by atoms with Gasteiger partial charge in [-0.2, -0.15) is 0 Å². The highest BCUT2D eigenvalue weighted by atomic mass is 16.6. The van der Waals surface area contributed by atoms with Crippen LogP contribution in [0.1, 0.15) is 26.3 Å². The predicted octanol–water partition coefficient (Wildman–Crippen LogP) is 2.50. The van der Waals surface area contributed by atoms with Gasteiger partial charge >= 0.3 is 12.2 Å².